The van der Waals surface area contributed by atoms with Crippen molar-refractivity contribution in [2.75, 3.05) is 13.1 Å². The summed E-state index contributed by atoms with van der Waals surface area (Å²) in [5, 5.41) is 12.5. The van der Waals surface area contributed by atoms with E-state index >= 15 is 0 Å². The van der Waals surface area contributed by atoms with Crippen molar-refractivity contribution in [3.8, 4) is 0 Å². The van der Waals surface area contributed by atoms with Crippen molar-refractivity contribution in [2.45, 2.75) is 12.8 Å². The number of carbonyl (C=O) groups is 1. The lowest BCUT2D eigenvalue weighted by atomic mass is 9.86. The normalized spacial score (nSPS) is 20.6. The summed E-state index contributed by atoms with van der Waals surface area (Å²) in [5.74, 6) is -0.646. The molecule has 0 amide bonds. The average molecular weight is 256 g/mol. The number of carboxylic acid groups (broad SMARTS) is 1. The second-order valence-electron chi connectivity index (χ2n) is 4.39. The molecule has 1 aromatic carbocycles. The van der Waals surface area contributed by atoms with Gasteiger partial charge in [0.1, 0.15) is 0 Å². The number of nitrogens with one attached hydrogen (secondary N) is 1. The fraction of sp³-hybridized carbons (Fsp3) is 0.462. The maximum atomic E-state index is 11.3. The Morgan fingerprint density at radius 2 is 2.12 bits per heavy atom. The van der Waals surface area contributed by atoms with Crippen LogP contribution in [0.2, 0.25) is 0 Å². The zero-order valence-corrected chi connectivity index (χ0v) is 10.5. The number of hydrogen-bond donors (Lipinski definition) is 2. The van der Waals surface area contributed by atoms with Crippen molar-refractivity contribution >= 4 is 18.4 Å². The van der Waals surface area contributed by atoms with E-state index in [-0.39, 0.29) is 24.2 Å². The number of halogens is 1. The van der Waals surface area contributed by atoms with Crippen LogP contribution in [0.4, 0.5) is 0 Å². The first kappa shape index (κ1) is 14.0. The minimum Gasteiger partial charge on any atom is -0.481 e. The smallest absolute Gasteiger partial charge is 0.307 e. The Kier molecular flexibility index (Phi) is 5.45. The molecule has 0 saturated carbocycles. The van der Waals surface area contributed by atoms with Crippen LogP contribution >= 0.6 is 12.4 Å². The fourth-order valence-corrected chi connectivity index (χ4v) is 2.34. The topological polar surface area (TPSA) is 49.3 Å². The van der Waals surface area contributed by atoms with Crippen LogP contribution in [0, 0.1) is 11.8 Å². The molecule has 0 unspecified atom stereocenters. The van der Waals surface area contributed by atoms with Gasteiger partial charge in [0, 0.05) is 0 Å². The Morgan fingerprint density at radius 1 is 1.41 bits per heavy atom. The maximum absolute atomic E-state index is 11.3. The predicted molar refractivity (Wildman–Crippen MR) is 69.5 cm³/mol. The highest BCUT2D eigenvalue weighted by atomic mass is 35.5. The van der Waals surface area contributed by atoms with E-state index in [2.05, 4.69) is 5.32 Å². The molecule has 0 bridgehead atoms. The Bertz CT molecular complexity index is 350. The Hall–Kier alpha value is -1.06. The fourth-order valence-electron chi connectivity index (χ4n) is 2.34. The number of aliphatic carboxylic acids is 1. The van der Waals surface area contributed by atoms with Gasteiger partial charge in [-0.3, -0.25) is 4.79 Å². The standard InChI is InChI=1S/C13H17NO2.ClH/c15-13(16)12(11-6-7-14-9-11)8-10-4-2-1-3-5-10;/h1-5,11-12,14H,6-9H2,(H,15,16);1H/t11-,12-;/m1./s1. The molecule has 0 aromatic heterocycles. The highest BCUT2D eigenvalue weighted by molar-refractivity contribution is 5.85. The molecule has 1 heterocycles. The quantitative estimate of drug-likeness (QED) is 0.865. The molecule has 0 aliphatic carbocycles. The number of rotatable bonds is 4. The van der Waals surface area contributed by atoms with E-state index in [9.17, 15) is 9.90 Å². The zero-order valence-electron chi connectivity index (χ0n) is 9.63. The predicted octanol–water partition coefficient (Wildman–Crippen LogP) is 1.96. The second kappa shape index (κ2) is 6.62. The third kappa shape index (κ3) is 3.72. The van der Waals surface area contributed by atoms with Crippen molar-refractivity contribution in [2.24, 2.45) is 11.8 Å². The highest BCUT2D eigenvalue weighted by Crippen LogP contribution is 2.23. The first-order valence-corrected chi connectivity index (χ1v) is 5.75. The number of benzene rings is 1. The first-order chi connectivity index (χ1) is 7.77. The summed E-state index contributed by atoms with van der Waals surface area (Å²) in [6, 6.07) is 9.87. The van der Waals surface area contributed by atoms with Crippen LogP contribution in [0.3, 0.4) is 0 Å². The summed E-state index contributed by atoms with van der Waals surface area (Å²) in [7, 11) is 0. The van der Waals surface area contributed by atoms with Gasteiger partial charge in [-0.05, 0) is 37.4 Å². The second-order valence-corrected chi connectivity index (χ2v) is 4.39. The molecule has 1 aliphatic rings. The van der Waals surface area contributed by atoms with Gasteiger partial charge in [0.25, 0.3) is 0 Å². The van der Waals surface area contributed by atoms with Gasteiger partial charge in [-0.1, -0.05) is 30.3 Å². The van der Waals surface area contributed by atoms with Gasteiger partial charge in [-0.2, -0.15) is 0 Å². The van der Waals surface area contributed by atoms with E-state index in [1.807, 2.05) is 30.3 Å². The molecule has 0 radical (unpaired) electrons. The maximum Gasteiger partial charge on any atom is 0.307 e. The lowest BCUT2D eigenvalue weighted by Gasteiger charge is -2.18. The molecule has 4 heteroatoms. The Labute approximate surface area is 108 Å². The minimum absolute atomic E-state index is 0. The monoisotopic (exact) mass is 255 g/mol. The largest absolute Gasteiger partial charge is 0.481 e. The molecule has 1 aliphatic heterocycles. The summed E-state index contributed by atoms with van der Waals surface area (Å²) < 4.78 is 0. The van der Waals surface area contributed by atoms with Gasteiger partial charge in [0.2, 0.25) is 0 Å². The number of carboxylic acids is 1. The molecule has 94 valence electrons. The third-order valence-corrected chi connectivity index (χ3v) is 3.28. The highest BCUT2D eigenvalue weighted by Gasteiger charge is 2.30. The van der Waals surface area contributed by atoms with Crippen molar-refractivity contribution in [3.05, 3.63) is 35.9 Å². The number of hydrogen-bond acceptors (Lipinski definition) is 2. The van der Waals surface area contributed by atoms with Crippen molar-refractivity contribution < 1.29 is 9.90 Å². The first-order valence-electron chi connectivity index (χ1n) is 5.75. The average Bonchev–Trinajstić information content (AvgIpc) is 2.80. The lowest BCUT2D eigenvalue weighted by molar-refractivity contribution is -0.143. The molecule has 1 saturated heterocycles. The molecule has 2 atom stereocenters. The molecule has 1 fully saturated rings. The molecule has 3 nitrogen and oxygen atoms in total. The van der Waals surface area contributed by atoms with E-state index in [4.69, 9.17) is 0 Å². The van der Waals surface area contributed by atoms with E-state index in [1.165, 1.54) is 0 Å². The summed E-state index contributed by atoms with van der Waals surface area (Å²) >= 11 is 0. The molecule has 1 aromatic rings. The summed E-state index contributed by atoms with van der Waals surface area (Å²) in [5.41, 5.74) is 1.11. The van der Waals surface area contributed by atoms with Crippen LogP contribution in [-0.4, -0.2) is 24.2 Å². The van der Waals surface area contributed by atoms with Crippen LogP contribution in [0.15, 0.2) is 30.3 Å². The molecular formula is C13H18ClNO2. The van der Waals surface area contributed by atoms with Gasteiger partial charge >= 0.3 is 5.97 Å². The van der Waals surface area contributed by atoms with Crippen molar-refractivity contribution in [3.63, 3.8) is 0 Å². The molecule has 17 heavy (non-hydrogen) atoms. The van der Waals surface area contributed by atoms with E-state index in [0.29, 0.717) is 6.42 Å². The molecule has 2 rings (SSSR count). The van der Waals surface area contributed by atoms with Gasteiger partial charge in [0.05, 0.1) is 5.92 Å². The molecular weight excluding hydrogens is 238 g/mol. The van der Waals surface area contributed by atoms with Crippen molar-refractivity contribution in [1.82, 2.24) is 5.32 Å². The summed E-state index contributed by atoms with van der Waals surface area (Å²) in [4.78, 5) is 11.3. The van der Waals surface area contributed by atoms with Crippen LogP contribution in [0.1, 0.15) is 12.0 Å². The zero-order chi connectivity index (χ0) is 11.4. The van der Waals surface area contributed by atoms with Gasteiger partial charge < -0.3 is 10.4 Å². The molecule has 2 N–H and O–H groups in total. The SMILES string of the molecule is Cl.O=C(O)[C@H](Cc1ccccc1)[C@@H]1CCNC1. The van der Waals surface area contributed by atoms with Crippen LogP contribution < -0.4 is 5.32 Å². The van der Waals surface area contributed by atoms with E-state index < -0.39 is 5.97 Å². The summed E-state index contributed by atoms with van der Waals surface area (Å²) in [6.07, 6.45) is 1.62. The van der Waals surface area contributed by atoms with Crippen molar-refractivity contribution in [1.29, 1.82) is 0 Å². The van der Waals surface area contributed by atoms with Crippen LogP contribution in [0.5, 0.6) is 0 Å². The third-order valence-electron chi connectivity index (χ3n) is 3.28. The van der Waals surface area contributed by atoms with E-state index in [1.54, 1.807) is 0 Å². The summed E-state index contributed by atoms with van der Waals surface area (Å²) in [6.45, 7) is 1.78. The van der Waals surface area contributed by atoms with Gasteiger partial charge in [0.15, 0.2) is 0 Å². The Morgan fingerprint density at radius 3 is 2.65 bits per heavy atom. The molecule has 0 spiro atoms. The van der Waals surface area contributed by atoms with Crippen LogP contribution in [-0.2, 0) is 11.2 Å². The van der Waals surface area contributed by atoms with Gasteiger partial charge in [-0.15, -0.1) is 12.4 Å². The minimum atomic E-state index is -0.669. The Balaban J connectivity index is 0.00000144. The van der Waals surface area contributed by atoms with Gasteiger partial charge in [-0.25, -0.2) is 0 Å². The van der Waals surface area contributed by atoms with Crippen LogP contribution in [0.25, 0.3) is 0 Å². The van der Waals surface area contributed by atoms with E-state index in [0.717, 1.165) is 25.1 Å². The lowest BCUT2D eigenvalue weighted by Crippen LogP contribution is -2.27.